The fourth-order valence-corrected chi connectivity index (χ4v) is 3.30. The highest BCUT2D eigenvalue weighted by molar-refractivity contribution is 7.13. The Morgan fingerprint density at radius 2 is 1.83 bits per heavy atom. The molecule has 1 aromatic carbocycles. The summed E-state index contributed by atoms with van der Waals surface area (Å²) in [5.41, 5.74) is 0.947. The molecule has 0 aliphatic rings. The number of hydrogen-bond acceptors (Lipinski definition) is 8. The van der Waals surface area contributed by atoms with E-state index in [1.165, 1.54) is 18.4 Å². The van der Waals surface area contributed by atoms with Crippen LogP contribution in [0, 0.1) is 5.92 Å². The lowest BCUT2D eigenvalue weighted by Crippen LogP contribution is -2.44. The van der Waals surface area contributed by atoms with E-state index in [2.05, 4.69) is 10.3 Å². The van der Waals surface area contributed by atoms with Crippen molar-refractivity contribution in [3.63, 3.8) is 0 Å². The topological polar surface area (TPSA) is 104 Å². The molecule has 156 valence electrons. The molecule has 0 bridgehead atoms. The molecule has 8 nitrogen and oxygen atoms in total. The van der Waals surface area contributed by atoms with Crippen molar-refractivity contribution in [3.8, 4) is 16.3 Å². The van der Waals surface area contributed by atoms with Gasteiger partial charge >= 0.3 is 11.9 Å². The quantitative estimate of drug-likeness (QED) is 0.622. The summed E-state index contributed by atoms with van der Waals surface area (Å²) in [4.78, 5) is 40.2. The summed E-state index contributed by atoms with van der Waals surface area (Å²) in [5.74, 6) is -0.941. The van der Waals surface area contributed by atoms with Gasteiger partial charge in [0, 0.05) is 10.9 Å². The normalized spacial score (nSPS) is 11.6. The summed E-state index contributed by atoms with van der Waals surface area (Å²) < 4.78 is 14.8. The molecule has 0 radical (unpaired) electrons. The molecule has 9 heteroatoms. The van der Waals surface area contributed by atoms with Crippen molar-refractivity contribution in [2.24, 2.45) is 5.92 Å². The van der Waals surface area contributed by atoms with Crippen molar-refractivity contribution in [3.05, 3.63) is 35.3 Å². The van der Waals surface area contributed by atoms with Crippen LogP contribution in [0.2, 0.25) is 0 Å². The second kappa shape index (κ2) is 10.6. The predicted octanol–water partition coefficient (Wildman–Crippen LogP) is 2.68. The first kappa shape index (κ1) is 22.4. The number of aromatic nitrogens is 1. The Morgan fingerprint density at radius 1 is 1.14 bits per heavy atom. The van der Waals surface area contributed by atoms with Crippen molar-refractivity contribution in [2.45, 2.75) is 26.3 Å². The molecule has 2 rings (SSSR count). The Balaban J connectivity index is 1.92. The minimum absolute atomic E-state index is 0.111. The molecule has 0 spiro atoms. The summed E-state index contributed by atoms with van der Waals surface area (Å²) >= 11 is 1.29. The van der Waals surface area contributed by atoms with Crippen LogP contribution in [0.25, 0.3) is 10.6 Å². The van der Waals surface area contributed by atoms with Gasteiger partial charge in [0.1, 0.15) is 16.8 Å². The van der Waals surface area contributed by atoms with Gasteiger partial charge in [0.05, 0.1) is 14.2 Å². The van der Waals surface area contributed by atoms with Crippen LogP contribution in [0.3, 0.4) is 0 Å². The Hall–Kier alpha value is -2.94. The third kappa shape index (κ3) is 6.56. The van der Waals surface area contributed by atoms with Crippen molar-refractivity contribution < 1.29 is 28.6 Å². The maximum absolute atomic E-state index is 12.2. The van der Waals surface area contributed by atoms with Crippen LogP contribution in [0.15, 0.2) is 29.6 Å². The van der Waals surface area contributed by atoms with Crippen LogP contribution in [0.5, 0.6) is 5.75 Å². The average molecular weight is 420 g/mol. The standard InChI is InChI=1S/C20H24N2O6S/c1-12(2)9-15(19(24)27-4)21-17(23)10-28-20(25)16-11-29-18(22-16)13-5-7-14(26-3)8-6-13/h5-8,11-12,15H,9-10H2,1-4H3,(H,21,23)/t15-/m1/s1. The number of hydrogen-bond donors (Lipinski definition) is 1. The molecular weight excluding hydrogens is 396 g/mol. The van der Waals surface area contributed by atoms with Gasteiger partial charge in [-0.25, -0.2) is 14.6 Å². The lowest BCUT2D eigenvalue weighted by atomic mass is 10.0. The summed E-state index contributed by atoms with van der Waals surface area (Å²) in [6.07, 6.45) is 0.420. The van der Waals surface area contributed by atoms with Gasteiger partial charge in [-0.2, -0.15) is 0 Å². The van der Waals surface area contributed by atoms with Gasteiger partial charge in [-0.15, -0.1) is 11.3 Å². The lowest BCUT2D eigenvalue weighted by molar-refractivity contribution is -0.145. The minimum atomic E-state index is -0.785. The first-order chi connectivity index (χ1) is 13.8. The Morgan fingerprint density at radius 3 is 2.41 bits per heavy atom. The summed E-state index contributed by atoms with van der Waals surface area (Å²) in [6.45, 7) is 3.33. The van der Waals surface area contributed by atoms with Crippen molar-refractivity contribution in [1.29, 1.82) is 0 Å². The Labute approximate surface area is 173 Å². The molecule has 29 heavy (non-hydrogen) atoms. The van der Waals surface area contributed by atoms with Crippen LogP contribution in [0.1, 0.15) is 30.8 Å². The van der Waals surface area contributed by atoms with Crippen molar-refractivity contribution in [1.82, 2.24) is 10.3 Å². The zero-order valence-corrected chi connectivity index (χ0v) is 17.6. The molecule has 0 fully saturated rings. The number of nitrogens with one attached hydrogen (secondary N) is 1. The molecular formula is C20H24N2O6S. The molecule has 0 saturated heterocycles. The van der Waals surface area contributed by atoms with E-state index in [1.807, 2.05) is 26.0 Å². The van der Waals surface area contributed by atoms with Crippen molar-refractivity contribution in [2.75, 3.05) is 20.8 Å². The third-order valence-corrected chi connectivity index (χ3v) is 4.80. The van der Waals surface area contributed by atoms with Gasteiger partial charge in [0.25, 0.3) is 5.91 Å². The molecule has 0 unspecified atom stereocenters. The number of rotatable bonds is 9. The van der Waals surface area contributed by atoms with E-state index >= 15 is 0 Å². The fourth-order valence-electron chi connectivity index (χ4n) is 2.50. The maximum atomic E-state index is 12.2. The van der Waals surface area contributed by atoms with Crippen LogP contribution in [0.4, 0.5) is 0 Å². The number of thiazole rings is 1. The Bertz CT molecular complexity index is 847. The molecule has 1 amide bonds. The largest absolute Gasteiger partial charge is 0.497 e. The summed E-state index contributed by atoms with van der Waals surface area (Å²) in [5, 5.41) is 4.74. The van der Waals surface area contributed by atoms with Crippen LogP contribution in [-0.4, -0.2) is 49.7 Å². The molecule has 0 aliphatic carbocycles. The van der Waals surface area contributed by atoms with E-state index in [0.29, 0.717) is 11.4 Å². The molecule has 0 saturated carbocycles. The Kier molecular flexibility index (Phi) is 8.14. The number of carbonyl (C=O) groups excluding carboxylic acids is 3. The second-order valence-electron chi connectivity index (χ2n) is 6.62. The number of methoxy groups -OCH3 is 2. The highest BCUT2D eigenvalue weighted by Gasteiger charge is 2.23. The van der Waals surface area contributed by atoms with Gasteiger partial charge in [0.2, 0.25) is 0 Å². The van der Waals surface area contributed by atoms with Crippen LogP contribution in [-0.2, 0) is 19.1 Å². The zero-order valence-electron chi connectivity index (χ0n) is 16.8. The highest BCUT2D eigenvalue weighted by atomic mass is 32.1. The highest BCUT2D eigenvalue weighted by Crippen LogP contribution is 2.25. The average Bonchev–Trinajstić information content (AvgIpc) is 3.21. The maximum Gasteiger partial charge on any atom is 0.358 e. The van der Waals surface area contributed by atoms with Crippen LogP contribution >= 0.6 is 11.3 Å². The van der Waals surface area contributed by atoms with E-state index in [0.717, 1.165) is 11.3 Å². The van der Waals surface area contributed by atoms with E-state index < -0.39 is 30.5 Å². The minimum Gasteiger partial charge on any atom is -0.497 e. The number of ether oxygens (including phenoxy) is 3. The molecule has 1 atom stereocenters. The lowest BCUT2D eigenvalue weighted by Gasteiger charge is -2.18. The molecule has 0 aliphatic heterocycles. The molecule has 1 heterocycles. The van der Waals surface area contributed by atoms with Gasteiger partial charge in [-0.1, -0.05) is 13.8 Å². The number of carbonyl (C=O) groups is 3. The number of esters is 2. The van der Waals surface area contributed by atoms with Gasteiger partial charge in [-0.3, -0.25) is 4.79 Å². The predicted molar refractivity (Wildman–Crippen MR) is 108 cm³/mol. The van der Waals surface area contributed by atoms with Gasteiger partial charge in [0.15, 0.2) is 12.3 Å². The zero-order chi connectivity index (χ0) is 21.4. The van der Waals surface area contributed by atoms with E-state index in [-0.39, 0.29) is 11.6 Å². The number of amides is 1. The fraction of sp³-hybridized carbons (Fsp3) is 0.400. The van der Waals surface area contributed by atoms with E-state index in [9.17, 15) is 14.4 Å². The second-order valence-corrected chi connectivity index (χ2v) is 7.47. The van der Waals surface area contributed by atoms with Crippen LogP contribution < -0.4 is 10.1 Å². The molecule has 1 aromatic heterocycles. The first-order valence-electron chi connectivity index (χ1n) is 8.98. The number of benzene rings is 1. The van der Waals surface area contributed by atoms with Crippen molar-refractivity contribution >= 4 is 29.2 Å². The van der Waals surface area contributed by atoms with Gasteiger partial charge < -0.3 is 19.5 Å². The SMILES string of the molecule is COC(=O)[C@@H](CC(C)C)NC(=O)COC(=O)c1csc(-c2ccc(OC)cc2)n1. The van der Waals surface area contributed by atoms with E-state index in [1.54, 1.807) is 24.6 Å². The van der Waals surface area contributed by atoms with E-state index in [4.69, 9.17) is 14.2 Å². The number of nitrogens with zero attached hydrogens (tertiary/aromatic N) is 1. The summed E-state index contributed by atoms with van der Waals surface area (Å²) in [7, 11) is 2.84. The first-order valence-corrected chi connectivity index (χ1v) is 9.86. The monoisotopic (exact) mass is 420 g/mol. The summed E-state index contributed by atoms with van der Waals surface area (Å²) in [6, 6.07) is 6.48. The molecule has 2 aromatic rings. The third-order valence-electron chi connectivity index (χ3n) is 3.91. The van der Waals surface area contributed by atoms with Gasteiger partial charge in [-0.05, 0) is 36.6 Å². The smallest absolute Gasteiger partial charge is 0.358 e. The molecule has 1 N–H and O–H groups in total.